The van der Waals surface area contributed by atoms with Crippen LogP contribution in [0.4, 0.5) is 5.69 Å². The third kappa shape index (κ3) is 2.24. The van der Waals surface area contributed by atoms with Gasteiger partial charge in [0.25, 0.3) is 0 Å². The molecule has 108 valence electrons. The maximum absolute atomic E-state index is 6.48. The zero-order valence-electron chi connectivity index (χ0n) is 12.4. The molecule has 0 fully saturated rings. The molecule has 0 atom stereocenters. The van der Waals surface area contributed by atoms with Crippen molar-refractivity contribution in [1.82, 2.24) is 4.98 Å². The van der Waals surface area contributed by atoms with E-state index in [1.165, 1.54) is 0 Å². The van der Waals surface area contributed by atoms with Gasteiger partial charge in [-0.3, -0.25) is 0 Å². The summed E-state index contributed by atoms with van der Waals surface area (Å²) in [6.07, 6.45) is 0. The van der Waals surface area contributed by atoms with Crippen LogP contribution >= 0.6 is 11.6 Å². The van der Waals surface area contributed by atoms with Crippen LogP contribution in [0.3, 0.4) is 0 Å². The largest absolute Gasteiger partial charge is 0.495 e. The smallest absolute Gasteiger partial charge is 0.148 e. The Bertz CT molecular complexity index is 656. The van der Waals surface area contributed by atoms with Crippen LogP contribution in [0.2, 0.25) is 5.02 Å². The number of nitrogens with one attached hydrogen (secondary N) is 1. The highest BCUT2D eigenvalue weighted by molar-refractivity contribution is 6.38. The van der Waals surface area contributed by atoms with Gasteiger partial charge in [-0.15, -0.1) is 0 Å². The lowest BCUT2D eigenvalue weighted by Crippen LogP contribution is -2.04. The minimum Gasteiger partial charge on any atom is -0.495 e. The molecule has 0 radical (unpaired) electrons. The van der Waals surface area contributed by atoms with E-state index in [1.807, 2.05) is 20.8 Å². The van der Waals surface area contributed by atoms with Crippen LogP contribution in [0.25, 0.3) is 10.9 Å². The van der Waals surface area contributed by atoms with Crippen molar-refractivity contribution >= 4 is 28.2 Å². The number of hydrogen-bond donors (Lipinski definition) is 1. The number of ether oxygens (including phenoxy) is 2. The van der Waals surface area contributed by atoms with Crippen molar-refractivity contribution in [3.8, 4) is 11.5 Å². The van der Waals surface area contributed by atoms with Gasteiger partial charge < -0.3 is 14.8 Å². The Kier molecular flexibility index (Phi) is 4.23. The molecule has 1 N–H and O–H groups in total. The molecule has 0 unspecified atom stereocenters. The number of methoxy groups -OCH3 is 2. The van der Waals surface area contributed by atoms with Crippen LogP contribution in [0.5, 0.6) is 11.5 Å². The lowest BCUT2D eigenvalue weighted by Gasteiger charge is -2.18. The second kappa shape index (κ2) is 5.75. The Balaban J connectivity index is 2.96. The van der Waals surface area contributed by atoms with Crippen LogP contribution < -0.4 is 14.8 Å². The second-order valence-electron chi connectivity index (χ2n) is 4.55. The molecule has 0 amide bonds. The molecule has 2 rings (SSSR count). The Morgan fingerprint density at radius 2 is 1.85 bits per heavy atom. The lowest BCUT2D eigenvalue weighted by molar-refractivity contribution is 0.397. The van der Waals surface area contributed by atoms with E-state index < -0.39 is 0 Å². The van der Waals surface area contributed by atoms with Crippen LogP contribution in [0.15, 0.2) is 6.07 Å². The van der Waals surface area contributed by atoms with Gasteiger partial charge in [-0.1, -0.05) is 11.6 Å². The first-order valence-electron chi connectivity index (χ1n) is 6.50. The standard InChI is InChI=1S/C15H19ClN2O2/c1-6-17-14-8(2)9(3)18-15-11(20-5)7-10(19-4)13(16)12(14)15/h7H,6H2,1-5H3,(H,17,18). The summed E-state index contributed by atoms with van der Waals surface area (Å²) < 4.78 is 10.8. The number of aromatic nitrogens is 1. The summed E-state index contributed by atoms with van der Waals surface area (Å²) >= 11 is 6.48. The zero-order valence-corrected chi connectivity index (χ0v) is 13.2. The molecule has 0 aliphatic rings. The van der Waals surface area contributed by atoms with Crippen molar-refractivity contribution in [1.29, 1.82) is 0 Å². The van der Waals surface area contributed by atoms with Gasteiger partial charge in [0.05, 0.1) is 24.9 Å². The van der Waals surface area contributed by atoms with E-state index in [-0.39, 0.29) is 0 Å². The first-order chi connectivity index (χ1) is 9.54. The first kappa shape index (κ1) is 14.7. The predicted molar refractivity (Wildman–Crippen MR) is 83.5 cm³/mol. The Morgan fingerprint density at radius 3 is 2.40 bits per heavy atom. The Labute approximate surface area is 124 Å². The molecule has 0 saturated heterocycles. The summed E-state index contributed by atoms with van der Waals surface area (Å²) in [5.74, 6) is 1.24. The van der Waals surface area contributed by atoms with Crippen molar-refractivity contribution in [3.63, 3.8) is 0 Å². The van der Waals surface area contributed by atoms with E-state index in [0.717, 1.165) is 34.4 Å². The summed E-state index contributed by atoms with van der Waals surface area (Å²) in [6.45, 7) is 6.86. The van der Waals surface area contributed by atoms with Gasteiger partial charge in [0.1, 0.15) is 17.0 Å². The maximum Gasteiger partial charge on any atom is 0.148 e. The van der Waals surface area contributed by atoms with E-state index in [2.05, 4.69) is 10.3 Å². The summed E-state index contributed by atoms with van der Waals surface area (Å²) in [5, 5.41) is 4.76. The number of fused-ring (bicyclic) bond motifs is 1. The zero-order chi connectivity index (χ0) is 14.9. The molecule has 0 aliphatic heterocycles. The molecule has 0 aliphatic carbocycles. The van der Waals surface area contributed by atoms with Crippen LogP contribution in [-0.4, -0.2) is 25.7 Å². The fraction of sp³-hybridized carbons (Fsp3) is 0.400. The molecule has 5 heteroatoms. The molecule has 0 bridgehead atoms. The van der Waals surface area contributed by atoms with Gasteiger partial charge in [0.2, 0.25) is 0 Å². The van der Waals surface area contributed by atoms with Gasteiger partial charge >= 0.3 is 0 Å². The summed E-state index contributed by atoms with van der Waals surface area (Å²) in [6, 6.07) is 1.77. The number of hydrogen-bond acceptors (Lipinski definition) is 4. The van der Waals surface area contributed by atoms with Crippen molar-refractivity contribution in [2.45, 2.75) is 20.8 Å². The van der Waals surface area contributed by atoms with Gasteiger partial charge in [-0.25, -0.2) is 4.98 Å². The number of rotatable bonds is 4. The van der Waals surface area contributed by atoms with Gasteiger partial charge in [-0.2, -0.15) is 0 Å². The number of anilines is 1. The summed E-state index contributed by atoms with van der Waals surface area (Å²) in [4.78, 5) is 4.62. The van der Waals surface area contributed by atoms with Gasteiger partial charge in [0.15, 0.2) is 0 Å². The molecular formula is C15H19ClN2O2. The van der Waals surface area contributed by atoms with Crippen LogP contribution in [-0.2, 0) is 0 Å². The lowest BCUT2D eigenvalue weighted by atomic mass is 10.1. The highest BCUT2D eigenvalue weighted by Crippen LogP contribution is 2.43. The molecule has 4 nitrogen and oxygen atoms in total. The van der Waals surface area contributed by atoms with E-state index in [4.69, 9.17) is 21.1 Å². The molecular weight excluding hydrogens is 276 g/mol. The van der Waals surface area contributed by atoms with Crippen LogP contribution in [0.1, 0.15) is 18.2 Å². The normalized spacial score (nSPS) is 10.7. The summed E-state index contributed by atoms with van der Waals surface area (Å²) in [5.41, 5.74) is 3.76. The number of benzene rings is 1. The van der Waals surface area contributed by atoms with E-state index in [9.17, 15) is 0 Å². The van der Waals surface area contributed by atoms with Crippen LogP contribution in [0, 0.1) is 13.8 Å². The van der Waals surface area contributed by atoms with Crippen molar-refractivity contribution in [2.75, 3.05) is 26.1 Å². The van der Waals surface area contributed by atoms with Gasteiger partial charge in [0, 0.05) is 23.7 Å². The van der Waals surface area contributed by atoms with E-state index in [0.29, 0.717) is 16.5 Å². The molecule has 0 saturated carbocycles. The maximum atomic E-state index is 6.48. The quantitative estimate of drug-likeness (QED) is 0.927. The van der Waals surface area contributed by atoms with Crippen molar-refractivity contribution in [3.05, 3.63) is 22.3 Å². The molecule has 1 heterocycles. The first-order valence-corrected chi connectivity index (χ1v) is 6.88. The minimum atomic E-state index is 0.551. The molecule has 2 aromatic rings. The summed E-state index contributed by atoms with van der Waals surface area (Å²) in [7, 11) is 3.21. The number of pyridine rings is 1. The second-order valence-corrected chi connectivity index (χ2v) is 4.92. The highest BCUT2D eigenvalue weighted by Gasteiger charge is 2.19. The third-order valence-corrected chi connectivity index (χ3v) is 3.78. The fourth-order valence-electron chi connectivity index (χ4n) is 2.26. The van der Waals surface area contributed by atoms with E-state index in [1.54, 1.807) is 20.3 Å². The fourth-order valence-corrected chi connectivity index (χ4v) is 2.58. The average Bonchev–Trinajstić information content (AvgIpc) is 2.44. The molecule has 20 heavy (non-hydrogen) atoms. The molecule has 1 aromatic carbocycles. The number of halogens is 1. The number of nitrogens with zero attached hydrogens (tertiary/aromatic N) is 1. The van der Waals surface area contributed by atoms with Crippen molar-refractivity contribution < 1.29 is 9.47 Å². The van der Waals surface area contributed by atoms with Crippen molar-refractivity contribution in [2.24, 2.45) is 0 Å². The average molecular weight is 295 g/mol. The predicted octanol–water partition coefficient (Wildman–Crippen LogP) is 3.95. The number of aryl methyl sites for hydroxylation is 1. The molecule has 1 aromatic heterocycles. The highest BCUT2D eigenvalue weighted by atomic mass is 35.5. The van der Waals surface area contributed by atoms with E-state index >= 15 is 0 Å². The minimum absolute atomic E-state index is 0.551. The Hall–Kier alpha value is -1.68. The Morgan fingerprint density at radius 1 is 1.20 bits per heavy atom. The topological polar surface area (TPSA) is 43.4 Å². The molecule has 0 spiro atoms. The third-order valence-electron chi connectivity index (χ3n) is 3.41. The monoisotopic (exact) mass is 294 g/mol. The van der Waals surface area contributed by atoms with Gasteiger partial charge in [-0.05, 0) is 26.3 Å². The SMILES string of the molecule is CCNc1c(C)c(C)nc2c(OC)cc(OC)c(Cl)c12.